The molecule has 0 bridgehead atoms. The average Bonchev–Trinajstić information content (AvgIpc) is 2.95. The number of aliphatic imine (C=N–C) groups is 1. The SMILES string of the molecule is Br.COc1ccc(C(=O)CN(C2=NCCCCC2)c2cccc(Cl)c2)cc1. The molecule has 0 aromatic heterocycles. The van der Waals surface area contributed by atoms with E-state index in [9.17, 15) is 4.79 Å². The van der Waals surface area contributed by atoms with Gasteiger partial charge in [0.2, 0.25) is 0 Å². The number of benzene rings is 2. The van der Waals surface area contributed by atoms with Crippen molar-refractivity contribution in [3.05, 3.63) is 59.1 Å². The summed E-state index contributed by atoms with van der Waals surface area (Å²) >= 11 is 6.18. The summed E-state index contributed by atoms with van der Waals surface area (Å²) in [6, 6.07) is 14.8. The predicted octanol–water partition coefficient (Wildman–Crippen LogP) is 5.59. The van der Waals surface area contributed by atoms with Gasteiger partial charge in [0.25, 0.3) is 0 Å². The summed E-state index contributed by atoms with van der Waals surface area (Å²) in [6.07, 6.45) is 4.23. The first kappa shape index (κ1) is 21.5. The number of hydrogen-bond donors (Lipinski definition) is 0. The number of amidine groups is 1. The summed E-state index contributed by atoms with van der Waals surface area (Å²) in [5.74, 6) is 1.74. The molecule has 2 aromatic rings. The highest BCUT2D eigenvalue weighted by molar-refractivity contribution is 8.93. The van der Waals surface area contributed by atoms with E-state index < -0.39 is 0 Å². The van der Waals surface area contributed by atoms with Gasteiger partial charge in [-0.25, -0.2) is 0 Å². The minimum absolute atomic E-state index is 0. The van der Waals surface area contributed by atoms with Crippen LogP contribution in [0.4, 0.5) is 5.69 Å². The molecule has 3 rings (SSSR count). The summed E-state index contributed by atoms with van der Waals surface area (Å²) in [5.41, 5.74) is 1.56. The molecule has 0 saturated heterocycles. The van der Waals surface area contributed by atoms with Crippen LogP contribution in [0.1, 0.15) is 36.0 Å². The predicted molar refractivity (Wildman–Crippen MR) is 117 cm³/mol. The number of carbonyl (C=O) groups is 1. The lowest BCUT2D eigenvalue weighted by molar-refractivity contribution is 0.100. The normalized spacial score (nSPS) is 13.8. The van der Waals surface area contributed by atoms with E-state index >= 15 is 0 Å². The van der Waals surface area contributed by atoms with Crippen molar-refractivity contribution in [3.63, 3.8) is 0 Å². The quantitative estimate of drug-likeness (QED) is 0.557. The molecule has 0 aliphatic carbocycles. The van der Waals surface area contributed by atoms with Crippen molar-refractivity contribution in [2.75, 3.05) is 25.1 Å². The first-order valence-electron chi connectivity index (χ1n) is 8.91. The van der Waals surface area contributed by atoms with Gasteiger partial charge >= 0.3 is 0 Å². The molecule has 0 atom stereocenters. The molecule has 0 N–H and O–H groups in total. The molecule has 0 unspecified atom stereocenters. The van der Waals surface area contributed by atoms with Crippen LogP contribution in [0, 0.1) is 0 Å². The summed E-state index contributed by atoms with van der Waals surface area (Å²) in [6.45, 7) is 1.05. The van der Waals surface area contributed by atoms with Gasteiger partial charge in [-0.05, 0) is 55.3 Å². The highest BCUT2D eigenvalue weighted by atomic mass is 79.9. The van der Waals surface area contributed by atoms with Crippen molar-refractivity contribution in [3.8, 4) is 5.75 Å². The second kappa shape index (κ2) is 10.5. The number of halogens is 2. The number of nitrogens with zero attached hydrogens (tertiary/aromatic N) is 2. The van der Waals surface area contributed by atoms with E-state index in [2.05, 4.69) is 0 Å². The van der Waals surface area contributed by atoms with Gasteiger partial charge in [-0.3, -0.25) is 9.79 Å². The first-order chi connectivity index (χ1) is 12.7. The van der Waals surface area contributed by atoms with Crippen molar-refractivity contribution in [2.45, 2.75) is 25.7 Å². The Bertz CT molecular complexity index is 793. The Hall–Kier alpha value is -1.85. The lowest BCUT2D eigenvalue weighted by atomic mass is 10.1. The zero-order valence-corrected chi connectivity index (χ0v) is 17.8. The number of methoxy groups -OCH3 is 1. The summed E-state index contributed by atoms with van der Waals surface area (Å²) < 4.78 is 5.17. The Kier molecular flexibility index (Phi) is 8.32. The molecule has 1 aliphatic rings. The number of carbonyl (C=O) groups excluding carboxylic acids is 1. The van der Waals surface area contributed by atoms with Gasteiger partial charge < -0.3 is 9.64 Å². The van der Waals surface area contributed by atoms with Crippen molar-refractivity contribution in [1.29, 1.82) is 0 Å². The van der Waals surface area contributed by atoms with E-state index in [0.29, 0.717) is 10.6 Å². The number of ketones is 1. The molecule has 0 spiro atoms. The largest absolute Gasteiger partial charge is 0.497 e. The zero-order valence-electron chi connectivity index (χ0n) is 15.4. The van der Waals surface area contributed by atoms with E-state index in [1.54, 1.807) is 31.4 Å². The lowest BCUT2D eigenvalue weighted by Gasteiger charge is -2.26. The molecular weight excluding hydrogens is 428 g/mol. The molecule has 0 fully saturated rings. The highest BCUT2D eigenvalue weighted by Crippen LogP contribution is 2.23. The Morgan fingerprint density at radius 3 is 2.63 bits per heavy atom. The lowest BCUT2D eigenvalue weighted by Crippen LogP contribution is -2.36. The molecule has 0 radical (unpaired) electrons. The van der Waals surface area contributed by atoms with Crippen LogP contribution >= 0.6 is 28.6 Å². The third-order valence-corrected chi connectivity index (χ3v) is 4.73. The maximum atomic E-state index is 12.9. The van der Waals surface area contributed by atoms with Crippen molar-refractivity contribution in [2.24, 2.45) is 4.99 Å². The average molecular weight is 452 g/mol. The van der Waals surface area contributed by atoms with Gasteiger partial charge in [0.15, 0.2) is 5.78 Å². The van der Waals surface area contributed by atoms with E-state index in [0.717, 1.165) is 43.1 Å². The van der Waals surface area contributed by atoms with Gasteiger partial charge in [-0.1, -0.05) is 24.1 Å². The maximum absolute atomic E-state index is 12.9. The summed E-state index contributed by atoms with van der Waals surface area (Å²) in [5, 5.41) is 0.651. The number of anilines is 1. The molecule has 0 amide bonds. The molecule has 1 aliphatic heterocycles. The van der Waals surface area contributed by atoms with Crippen LogP contribution in [0.2, 0.25) is 5.02 Å². The van der Waals surface area contributed by atoms with Crippen molar-refractivity contribution in [1.82, 2.24) is 0 Å². The van der Waals surface area contributed by atoms with Crippen LogP contribution in [0.3, 0.4) is 0 Å². The molecule has 1 heterocycles. The number of ether oxygens (including phenoxy) is 1. The number of Topliss-reactive ketones (excluding diaryl/α,β-unsaturated/α-hetero) is 1. The molecular formula is C21H24BrClN2O2. The van der Waals surface area contributed by atoms with Crippen LogP contribution in [-0.2, 0) is 0 Å². The molecule has 144 valence electrons. The van der Waals surface area contributed by atoms with E-state index in [4.69, 9.17) is 21.3 Å². The van der Waals surface area contributed by atoms with Crippen LogP contribution in [0.15, 0.2) is 53.5 Å². The summed E-state index contributed by atoms with van der Waals surface area (Å²) in [7, 11) is 1.61. The van der Waals surface area contributed by atoms with E-state index in [-0.39, 0.29) is 29.3 Å². The highest BCUT2D eigenvalue weighted by Gasteiger charge is 2.19. The Morgan fingerprint density at radius 1 is 1.15 bits per heavy atom. The fourth-order valence-corrected chi connectivity index (χ4v) is 3.25. The number of hydrogen-bond acceptors (Lipinski definition) is 4. The van der Waals surface area contributed by atoms with Gasteiger partial charge in [0.05, 0.1) is 13.7 Å². The minimum Gasteiger partial charge on any atom is -0.497 e. The third kappa shape index (κ3) is 5.81. The molecule has 4 nitrogen and oxygen atoms in total. The smallest absolute Gasteiger partial charge is 0.182 e. The maximum Gasteiger partial charge on any atom is 0.182 e. The standard InChI is InChI=1S/C21H23ClN2O2.BrH/c1-26-19-11-9-16(10-12-19)20(25)15-24(18-7-5-6-17(22)14-18)21-8-3-2-4-13-23-21;/h5-7,9-12,14H,2-4,8,13,15H2,1H3;1H. The van der Waals surface area contributed by atoms with Gasteiger partial charge in [-0.15, -0.1) is 17.0 Å². The van der Waals surface area contributed by atoms with Gasteiger partial charge in [0, 0.05) is 29.2 Å². The van der Waals surface area contributed by atoms with Crippen LogP contribution in [0.25, 0.3) is 0 Å². The molecule has 6 heteroatoms. The van der Waals surface area contributed by atoms with Crippen LogP contribution in [-0.4, -0.2) is 31.8 Å². The van der Waals surface area contributed by atoms with Crippen molar-refractivity contribution < 1.29 is 9.53 Å². The zero-order chi connectivity index (χ0) is 18.4. The van der Waals surface area contributed by atoms with Gasteiger partial charge in [0.1, 0.15) is 11.6 Å². The second-order valence-electron chi connectivity index (χ2n) is 6.33. The summed E-state index contributed by atoms with van der Waals surface area (Å²) in [4.78, 5) is 19.6. The second-order valence-corrected chi connectivity index (χ2v) is 6.76. The topological polar surface area (TPSA) is 41.9 Å². The third-order valence-electron chi connectivity index (χ3n) is 4.50. The first-order valence-corrected chi connectivity index (χ1v) is 9.29. The molecule has 27 heavy (non-hydrogen) atoms. The number of rotatable bonds is 5. The Balaban J connectivity index is 0.00000261. The Labute approximate surface area is 176 Å². The minimum atomic E-state index is 0. The van der Waals surface area contributed by atoms with E-state index in [1.807, 2.05) is 29.2 Å². The van der Waals surface area contributed by atoms with E-state index in [1.165, 1.54) is 6.42 Å². The van der Waals surface area contributed by atoms with Crippen molar-refractivity contribution >= 4 is 45.9 Å². The Morgan fingerprint density at radius 2 is 1.93 bits per heavy atom. The fraction of sp³-hybridized carbons (Fsp3) is 0.333. The fourth-order valence-electron chi connectivity index (χ4n) is 3.07. The van der Waals surface area contributed by atoms with Gasteiger partial charge in [-0.2, -0.15) is 0 Å². The van der Waals surface area contributed by atoms with Crippen LogP contribution < -0.4 is 9.64 Å². The molecule has 2 aromatic carbocycles. The monoisotopic (exact) mass is 450 g/mol. The molecule has 0 saturated carbocycles. The van der Waals surface area contributed by atoms with Crippen LogP contribution in [0.5, 0.6) is 5.75 Å².